The van der Waals surface area contributed by atoms with Gasteiger partial charge in [-0.1, -0.05) is 25.7 Å². The first-order chi connectivity index (χ1) is 10.3. The van der Waals surface area contributed by atoms with Gasteiger partial charge in [0.05, 0.1) is 0 Å². The Labute approximate surface area is 137 Å². The number of hydrogen-bond donors (Lipinski definition) is 1. The van der Waals surface area contributed by atoms with Gasteiger partial charge in [0, 0.05) is 19.1 Å². The maximum atomic E-state index is 12.2. The lowest BCUT2D eigenvalue weighted by atomic mass is 10.0. The molecule has 0 unspecified atom stereocenters. The standard InChI is InChI=1S/C18H36N2O2/c1-15(2)20(17(21)22-18(3,4)5)13-12-19-14-16-10-8-6-7-9-11-16/h15-16,19H,6-14H2,1-5H3. The molecule has 22 heavy (non-hydrogen) atoms. The lowest BCUT2D eigenvalue weighted by Gasteiger charge is -2.30. The molecule has 0 heterocycles. The van der Waals surface area contributed by atoms with Gasteiger partial charge in [-0.3, -0.25) is 0 Å². The van der Waals surface area contributed by atoms with Gasteiger partial charge in [0.2, 0.25) is 0 Å². The predicted octanol–water partition coefficient (Wildman–Crippen LogP) is 4.19. The third kappa shape index (κ3) is 8.02. The molecular weight excluding hydrogens is 276 g/mol. The van der Waals surface area contributed by atoms with Crippen LogP contribution in [0.1, 0.15) is 73.1 Å². The SMILES string of the molecule is CC(C)N(CCNCC1CCCCCC1)C(=O)OC(C)(C)C. The van der Waals surface area contributed by atoms with E-state index in [2.05, 4.69) is 5.32 Å². The summed E-state index contributed by atoms with van der Waals surface area (Å²) in [4.78, 5) is 14.0. The average Bonchev–Trinajstić information content (AvgIpc) is 2.64. The topological polar surface area (TPSA) is 41.6 Å². The van der Waals surface area contributed by atoms with Crippen LogP contribution in [0, 0.1) is 5.92 Å². The van der Waals surface area contributed by atoms with Crippen LogP contribution in [0.5, 0.6) is 0 Å². The van der Waals surface area contributed by atoms with Gasteiger partial charge in [-0.2, -0.15) is 0 Å². The Hall–Kier alpha value is -0.770. The second-order valence-electron chi connectivity index (χ2n) is 7.83. The minimum Gasteiger partial charge on any atom is -0.444 e. The zero-order chi connectivity index (χ0) is 16.6. The van der Waals surface area contributed by atoms with Crippen LogP contribution in [0.15, 0.2) is 0 Å². The molecule has 4 nitrogen and oxygen atoms in total. The fourth-order valence-corrected chi connectivity index (χ4v) is 2.95. The molecule has 130 valence electrons. The molecule has 4 heteroatoms. The van der Waals surface area contributed by atoms with Crippen molar-refractivity contribution in [2.45, 2.75) is 84.8 Å². The molecule has 1 saturated carbocycles. The highest BCUT2D eigenvalue weighted by molar-refractivity contribution is 5.68. The molecule has 0 radical (unpaired) electrons. The summed E-state index contributed by atoms with van der Waals surface area (Å²) in [5, 5.41) is 3.54. The van der Waals surface area contributed by atoms with Crippen LogP contribution >= 0.6 is 0 Å². The molecule has 0 saturated heterocycles. The fraction of sp³-hybridized carbons (Fsp3) is 0.944. The largest absolute Gasteiger partial charge is 0.444 e. The summed E-state index contributed by atoms with van der Waals surface area (Å²) in [6.07, 6.45) is 8.05. The van der Waals surface area contributed by atoms with Crippen molar-refractivity contribution in [3.63, 3.8) is 0 Å². The van der Waals surface area contributed by atoms with Crippen LogP contribution in [-0.2, 0) is 4.74 Å². The Morgan fingerprint density at radius 3 is 2.27 bits per heavy atom. The van der Waals surface area contributed by atoms with E-state index in [1.54, 1.807) is 0 Å². The van der Waals surface area contributed by atoms with E-state index in [1.165, 1.54) is 38.5 Å². The molecule has 1 aliphatic rings. The van der Waals surface area contributed by atoms with Crippen LogP contribution in [0.25, 0.3) is 0 Å². The van der Waals surface area contributed by atoms with Crippen molar-refractivity contribution in [3.05, 3.63) is 0 Å². The van der Waals surface area contributed by atoms with Crippen LogP contribution < -0.4 is 5.32 Å². The van der Waals surface area contributed by atoms with Crippen LogP contribution in [0.3, 0.4) is 0 Å². The molecule has 1 aliphatic carbocycles. The van der Waals surface area contributed by atoms with Crippen molar-refractivity contribution in [1.82, 2.24) is 10.2 Å². The summed E-state index contributed by atoms with van der Waals surface area (Å²) in [5.74, 6) is 0.816. The van der Waals surface area contributed by atoms with E-state index in [4.69, 9.17) is 4.74 Å². The van der Waals surface area contributed by atoms with E-state index >= 15 is 0 Å². The zero-order valence-corrected chi connectivity index (χ0v) is 15.3. The van der Waals surface area contributed by atoms with E-state index in [-0.39, 0.29) is 12.1 Å². The Morgan fingerprint density at radius 1 is 1.18 bits per heavy atom. The van der Waals surface area contributed by atoms with Gasteiger partial charge in [0.1, 0.15) is 5.60 Å². The highest BCUT2D eigenvalue weighted by atomic mass is 16.6. The van der Waals surface area contributed by atoms with Gasteiger partial charge < -0.3 is 15.0 Å². The molecule has 0 bridgehead atoms. The molecule has 1 fully saturated rings. The van der Waals surface area contributed by atoms with Gasteiger partial charge in [-0.15, -0.1) is 0 Å². The normalized spacial score (nSPS) is 17.4. The Balaban J connectivity index is 2.30. The van der Waals surface area contributed by atoms with E-state index in [1.807, 2.05) is 39.5 Å². The van der Waals surface area contributed by atoms with Crippen molar-refractivity contribution in [3.8, 4) is 0 Å². The first-order valence-corrected chi connectivity index (χ1v) is 9.00. The number of nitrogens with one attached hydrogen (secondary N) is 1. The molecular formula is C18H36N2O2. The number of carbonyl (C=O) groups excluding carboxylic acids is 1. The first kappa shape index (κ1) is 19.3. The Bertz CT molecular complexity index is 316. The van der Waals surface area contributed by atoms with Crippen LogP contribution in [-0.4, -0.2) is 42.3 Å². The molecule has 1 N–H and O–H groups in total. The second-order valence-corrected chi connectivity index (χ2v) is 7.83. The maximum Gasteiger partial charge on any atom is 0.410 e. The summed E-state index contributed by atoms with van der Waals surface area (Å²) in [6.45, 7) is 12.4. The molecule has 0 aliphatic heterocycles. The third-order valence-corrected chi connectivity index (χ3v) is 4.19. The minimum atomic E-state index is -0.433. The van der Waals surface area contributed by atoms with Crippen LogP contribution in [0.4, 0.5) is 4.79 Å². The van der Waals surface area contributed by atoms with E-state index in [0.717, 1.165) is 19.0 Å². The zero-order valence-electron chi connectivity index (χ0n) is 15.3. The van der Waals surface area contributed by atoms with Crippen molar-refractivity contribution in [2.24, 2.45) is 5.92 Å². The molecule has 0 spiro atoms. The van der Waals surface area contributed by atoms with Crippen molar-refractivity contribution in [2.75, 3.05) is 19.6 Å². The molecule has 0 atom stereocenters. The number of ether oxygens (including phenoxy) is 1. The highest BCUT2D eigenvalue weighted by Crippen LogP contribution is 2.22. The van der Waals surface area contributed by atoms with Gasteiger partial charge in [0.15, 0.2) is 0 Å². The minimum absolute atomic E-state index is 0.162. The molecule has 0 aromatic heterocycles. The molecule has 1 rings (SSSR count). The molecule has 0 aromatic carbocycles. The third-order valence-electron chi connectivity index (χ3n) is 4.19. The lowest BCUT2D eigenvalue weighted by Crippen LogP contribution is -2.44. The summed E-state index contributed by atoms with van der Waals surface area (Å²) in [5.41, 5.74) is -0.433. The highest BCUT2D eigenvalue weighted by Gasteiger charge is 2.23. The maximum absolute atomic E-state index is 12.2. The summed E-state index contributed by atoms with van der Waals surface area (Å²) in [7, 11) is 0. The number of hydrogen-bond acceptors (Lipinski definition) is 3. The van der Waals surface area contributed by atoms with E-state index < -0.39 is 5.60 Å². The number of amides is 1. The van der Waals surface area contributed by atoms with Gasteiger partial charge >= 0.3 is 6.09 Å². The van der Waals surface area contributed by atoms with E-state index in [9.17, 15) is 4.79 Å². The van der Waals surface area contributed by atoms with Gasteiger partial charge in [-0.25, -0.2) is 4.79 Å². The number of carbonyl (C=O) groups is 1. The Kier molecular flexibility index (Phi) is 8.23. The van der Waals surface area contributed by atoms with Crippen molar-refractivity contribution >= 4 is 6.09 Å². The molecule has 0 aromatic rings. The van der Waals surface area contributed by atoms with Crippen molar-refractivity contribution in [1.29, 1.82) is 0 Å². The monoisotopic (exact) mass is 312 g/mol. The lowest BCUT2D eigenvalue weighted by molar-refractivity contribution is 0.0193. The second kappa shape index (κ2) is 9.39. The number of nitrogens with zero attached hydrogens (tertiary/aromatic N) is 1. The smallest absolute Gasteiger partial charge is 0.410 e. The summed E-state index contributed by atoms with van der Waals surface area (Å²) in [6, 6.07) is 0.162. The summed E-state index contributed by atoms with van der Waals surface area (Å²) < 4.78 is 5.48. The number of rotatable bonds is 6. The summed E-state index contributed by atoms with van der Waals surface area (Å²) >= 11 is 0. The van der Waals surface area contributed by atoms with Gasteiger partial charge in [-0.05, 0) is 59.9 Å². The van der Waals surface area contributed by atoms with Crippen LogP contribution in [0.2, 0.25) is 0 Å². The average molecular weight is 312 g/mol. The molecule has 1 amide bonds. The quantitative estimate of drug-likeness (QED) is 0.590. The predicted molar refractivity (Wildman–Crippen MR) is 92.1 cm³/mol. The van der Waals surface area contributed by atoms with Gasteiger partial charge in [0.25, 0.3) is 0 Å². The van der Waals surface area contributed by atoms with Crippen molar-refractivity contribution < 1.29 is 9.53 Å². The first-order valence-electron chi connectivity index (χ1n) is 9.00. The Morgan fingerprint density at radius 2 is 1.77 bits per heavy atom. The fourth-order valence-electron chi connectivity index (χ4n) is 2.95. The van der Waals surface area contributed by atoms with E-state index in [0.29, 0.717) is 6.54 Å².